The van der Waals surface area contributed by atoms with E-state index in [9.17, 15) is 9.59 Å². The van der Waals surface area contributed by atoms with Crippen molar-refractivity contribution in [3.05, 3.63) is 95.0 Å². The Labute approximate surface area is 180 Å². The van der Waals surface area contributed by atoms with Crippen molar-refractivity contribution in [2.75, 3.05) is 36.4 Å². The first-order valence-corrected chi connectivity index (χ1v) is 10.2. The fourth-order valence-electron chi connectivity index (χ4n) is 3.55. The van der Waals surface area contributed by atoms with E-state index in [-0.39, 0.29) is 11.8 Å². The molecule has 1 aliphatic rings. The number of hydrogen-bond donors (Lipinski definition) is 1. The highest BCUT2D eigenvalue weighted by Gasteiger charge is 2.22. The van der Waals surface area contributed by atoms with Crippen molar-refractivity contribution in [1.29, 1.82) is 0 Å². The second kappa shape index (κ2) is 9.01. The maximum Gasteiger partial charge on any atom is 0.255 e. The summed E-state index contributed by atoms with van der Waals surface area (Å²) in [6.07, 6.45) is 0. The zero-order valence-corrected chi connectivity index (χ0v) is 17.2. The molecular formula is C24H22ClN3O2. The molecule has 6 heteroatoms. The molecule has 0 atom stereocenters. The van der Waals surface area contributed by atoms with Gasteiger partial charge in [0.05, 0.1) is 0 Å². The third-order valence-corrected chi connectivity index (χ3v) is 5.38. The zero-order chi connectivity index (χ0) is 20.9. The van der Waals surface area contributed by atoms with E-state index in [1.165, 1.54) is 0 Å². The number of carbonyl (C=O) groups excluding carboxylic acids is 2. The van der Waals surface area contributed by atoms with Crippen molar-refractivity contribution < 1.29 is 9.59 Å². The average Bonchev–Trinajstić information content (AvgIpc) is 2.79. The molecule has 1 fully saturated rings. The molecule has 0 bridgehead atoms. The number of anilines is 2. The number of nitrogens with zero attached hydrogens (tertiary/aromatic N) is 2. The van der Waals surface area contributed by atoms with Crippen molar-refractivity contribution in [3.8, 4) is 0 Å². The lowest BCUT2D eigenvalue weighted by Gasteiger charge is -2.36. The minimum atomic E-state index is -0.199. The molecule has 0 unspecified atom stereocenters. The van der Waals surface area contributed by atoms with Crippen molar-refractivity contribution in [3.63, 3.8) is 0 Å². The van der Waals surface area contributed by atoms with Crippen LogP contribution in [0.4, 0.5) is 11.4 Å². The maximum atomic E-state index is 13.0. The highest BCUT2D eigenvalue weighted by atomic mass is 35.5. The van der Waals surface area contributed by atoms with E-state index >= 15 is 0 Å². The molecule has 5 nitrogen and oxygen atoms in total. The van der Waals surface area contributed by atoms with Crippen molar-refractivity contribution in [2.24, 2.45) is 0 Å². The van der Waals surface area contributed by atoms with Gasteiger partial charge in [-0.15, -0.1) is 0 Å². The number of hydrogen-bond acceptors (Lipinski definition) is 3. The van der Waals surface area contributed by atoms with E-state index in [4.69, 9.17) is 11.6 Å². The first-order chi connectivity index (χ1) is 14.6. The van der Waals surface area contributed by atoms with Crippen molar-refractivity contribution in [2.45, 2.75) is 0 Å². The van der Waals surface area contributed by atoms with Gasteiger partial charge in [0.25, 0.3) is 11.8 Å². The fraction of sp³-hybridized carbons (Fsp3) is 0.167. The Hall–Kier alpha value is -3.31. The molecule has 30 heavy (non-hydrogen) atoms. The summed E-state index contributed by atoms with van der Waals surface area (Å²) in [4.78, 5) is 29.4. The Morgan fingerprint density at radius 1 is 0.767 bits per heavy atom. The van der Waals surface area contributed by atoms with Crippen LogP contribution in [0.25, 0.3) is 0 Å². The lowest BCUT2D eigenvalue weighted by Crippen LogP contribution is -2.48. The van der Waals surface area contributed by atoms with Crippen LogP contribution in [0.1, 0.15) is 20.7 Å². The minimum Gasteiger partial charge on any atom is -0.368 e. The van der Waals surface area contributed by atoms with E-state index in [0.717, 1.165) is 18.8 Å². The molecule has 152 valence electrons. The summed E-state index contributed by atoms with van der Waals surface area (Å²) in [5, 5.41) is 3.57. The summed E-state index contributed by atoms with van der Waals surface area (Å²) in [5.41, 5.74) is 2.82. The molecule has 1 N–H and O–H groups in total. The molecule has 0 spiro atoms. The number of nitrogens with one attached hydrogen (secondary N) is 1. The first kappa shape index (κ1) is 20.0. The van der Waals surface area contributed by atoms with Crippen LogP contribution in [-0.2, 0) is 0 Å². The van der Waals surface area contributed by atoms with Gasteiger partial charge >= 0.3 is 0 Å². The normalized spacial score (nSPS) is 13.8. The van der Waals surface area contributed by atoms with Gasteiger partial charge in [0.15, 0.2) is 0 Å². The molecule has 1 saturated heterocycles. The molecule has 2 amide bonds. The van der Waals surface area contributed by atoms with Crippen LogP contribution in [0, 0.1) is 0 Å². The summed E-state index contributed by atoms with van der Waals surface area (Å²) < 4.78 is 0. The first-order valence-electron chi connectivity index (χ1n) is 9.86. The van der Waals surface area contributed by atoms with Crippen LogP contribution in [0.5, 0.6) is 0 Å². The fourth-order valence-corrected chi connectivity index (χ4v) is 3.73. The van der Waals surface area contributed by atoms with Crippen LogP contribution in [0.15, 0.2) is 78.9 Å². The predicted octanol–water partition coefficient (Wildman–Crippen LogP) is 4.55. The van der Waals surface area contributed by atoms with Gasteiger partial charge in [0.2, 0.25) is 0 Å². The highest BCUT2D eigenvalue weighted by Crippen LogP contribution is 2.22. The molecule has 0 saturated carbocycles. The smallest absolute Gasteiger partial charge is 0.255 e. The van der Waals surface area contributed by atoms with E-state index in [1.807, 2.05) is 47.4 Å². The van der Waals surface area contributed by atoms with Crippen LogP contribution in [-0.4, -0.2) is 42.9 Å². The zero-order valence-electron chi connectivity index (χ0n) is 16.4. The third kappa shape index (κ3) is 4.63. The number of amides is 2. The maximum absolute atomic E-state index is 13.0. The van der Waals surface area contributed by atoms with Crippen LogP contribution >= 0.6 is 11.6 Å². The van der Waals surface area contributed by atoms with Gasteiger partial charge in [-0.1, -0.05) is 41.9 Å². The summed E-state index contributed by atoms with van der Waals surface area (Å²) >= 11 is 6.09. The molecule has 0 aromatic heterocycles. The highest BCUT2D eigenvalue weighted by molar-refractivity contribution is 6.30. The molecule has 0 aliphatic carbocycles. The standard InChI is InChI=1S/C24H22ClN3O2/c25-20-9-5-11-22(17-20)27-12-14-28(15-13-27)24(30)19-8-4-10-21(16-19)26-23(29)18-6-2-1-3-7-18/h1-11,16-17H,12-15H2,(H,26,29). The Morgan fingerprint density at radius 2 is 1.47 bits per heavy atom. The van der Waals surface area contributed by atoms with Gasteiger partial charge < -0.3 is 15.1 Å². The van der Waals surface area contributed by atoms with Gasteiger partial charge in [-0.2, -0.15) is 0 Å². The summed E-state index contributed by atoms with van der Waals surface area (Å²) in [6, 6.07) is 23.9. The second-order valence-electron chi connectivity index (χ2n) is 7.16. The van der Waals surface area contributed by atoms with Gasteiger partial charge in [-0.25, -0.2) is 0 Å². The summed E-state index contributed by atoms with van der Waals surface area (Å²) in [5.74, 6) is -0.230. The quantitative estimate of drug-likeness (QED) is 0.674. The molecule has 3 aromatic rings. The molecule has 3 aromatic carbocycles. The summed E-state index contributed by atoms with van der Waals surface area (Å²) in [6.45, 7) is 2.75. The minimum absolute atomic E-state index is 0.0310. The van der Waals surface area contributed by atoms with Crippen LogP contribution in [0.2, 0.25) is 5.02 Å². The van der Waals surface area contributed by atoms with Gasteiger partial charge in [-0.3, -0.25) is 9.59 Å². The number of halogens is 1. The van der Waals surface area contributed by atoms with E-state index < -0.39 is 0 Å². The SMILES string of the molecule is O=C(Nc1cccc(C(=O)N2CCN(c3cccc(Cl)c3)CC2)c1)c1ccccc1. The lowest BCUT2D eigenvalue weighted by atomic mass is 10.1. The number of carbonyl (C=O) groups is 2. The molecule has 0 radical (unpaired) electrons. The van der Waals surface area contributed by atoms with Crippen molar-refractivity contribution in [1.82, 2.24) is 4.90 Å². The Bertz CT molecular complexity index is 1050. The topological polar surface area (TPSA) is 52.7 Å². The van der Waals surface area contributed by atoms with Crippen molar-refractivity contribution >= 4 is 34.8 Å². The molecule has 1 aliphatic heterocycles. The number of piperazine rings is 1. The van der Waals surface area contributed by atoms with Gasteiger partial charge in [0, 0.05) is 53.7 Å². The third-order valence-electron chi connectivity index (χ3n) is 5.14. The molecule has 4 rings (SSSR count). The Kier molecular flexibility index (Phi) is 6.00. The van der Waals surface area contributed by atoms with Crippen LogP contribution < -0.4 is 10.2 Å². The second-order valence-corrected chi connectivity index (χ2v) is 7.60. The van der Waals surface area contributed by atoms with E-state index in [1.54, 1.807) is 36.4 Å². The Balaban J connectivity index is 1.39. The Morgan fingerprint density at radius 3 is 2.20 bits per heavy atom. The predicted molar refractivity (Wildman–Crippen MR) is 120 cm³/mol. The van der Waals surface area contributed by atoms with Gasteiger partial charge in [-0.05, 0) is 48.5 Å². The largest absolute Gasteiger partial charge is 0.368 e. The molecule has 1 heterocycles. The number of benzene rings is 3. The molecular weight excluding hydrogens is 398 g/mol. The van der Waals surface area contributed by atoms with E-state index in [2.05, 4.69) is 10.2 Å². The van der Waals surface area contributed by atoms with Gasteiger partial charge in [0.1, 0.15) is 0 Å². The van der Waals surface area contributed by atoms with Crippen LogP contribution in [0.3, 0.4) is 0 Å². The lowest BCUT2D eigenvalue weighted by molar-refractivity contribution is 0.0746. The van der Waals surface area contributed by atoms with E-state index in [0.29, 0.717) is 34.9 Å². The summed E-state index contributed by atoms with van der Waals surface area (Å²) in [7, 11) is 0. The monoisotopic (exact) mass is 419 g/mol. The average molecular weight is 420 g/mol. The number of rotatable bonds is 4.